The molecule has 1 aromatic rings. The zero-order valence-electron chi connectivity index (χ0n) is 14.0. The molecule has 0 saturated carbocycles. The van der Waals surface area contributed by atoms with Gasteiger partial charge >= 0.3 is 0 Å². The van der Waals surface area contributed by atoms with Gasteiger partial charge in [-0.05, 0) is 33.8 Å². The molecule has 2 atom stereocenters. The smallest absolute Gasteiger partial charge is 0.264 e. The van der Waals surface area contributed by atoms with E-state index in [-0.39, 0.29) is 18.8 Å². The largest absolute Gasteiger partial charge is 0.375 e. The third-order valence-electron chi connectivity index (χ3n) is 4.87. The van der Waals surface area contributed by atoms with E-state index in [1.165, 1.54) is 0 Å². The third kappa shape index (κ3) is 2.30. The van der Waals surface area contributed by atoms with E-state index in [4.69, 9.17) is 4.74 Å². The topological polar surface area (TPSA) is 66.8 Å². The van der Waals surface area contributed by atoms with Crippen molar-refractivity contribution in [2.45, 2.75) is 45.3 Å². The summed E-state index contributed by atoms with van der Waals surface area (Å²) in [6.45, 7) is 7.96. The van der Waals surface area contributed by atoms with E-state index >= 15 is 0 Å². The van der Waals surface area contributed by atoms with E-state index < -0.39 is 23.0 Å². The summed E-state index contributed by atoms with van der Waals surface area (Å²) in [6, 6.07) is 5.54. The van der Waals surface area contributed by atoms with Gasteiger partial charge in [0.15, 0.2) is 5.60 Å². The molecule has 0 aliphatic carbocycles. The summed E-state index contributed by atoms with van der Waals surface area (Å²) < 4.78 is 5.74. The van der Waals surface area contributed by atoms with Crippen LogP contribution >= 0.6 is 0 Å². The molecular formula is C18H23NO4. The Morgan fingerprint density at radius 2 is 2.04 bits per heavy atom. The van der Waals surface area contributed by atoms with Crippen LogP contribution in [0.1, 0.15) is 38.3 Å². The van der Waals surface area contributed by atoms with Gasteiger partial charge in [-0.2, -0.15) is 0 Å². The number of aliphatic hydroxyl groups is 1. The number of amides is 1. The molecule has 2 aliphatic heterocycles. The van der Waals surface area contributed by atoms with E-state index in [0.717, 1.165) is 5.56 Å². The van der Waals surface area contributed by atoms with Gasteiger partial charge in [0, 0.05) is 18.5 Å². The molecule has 1 saturated heterocycles. The molecule has 0 spiro atoms. The van der Waals surface area contributed by atoms with Crippen LogP contribution in [0.4, 0.5) is 5.69 Å². The number of hydrogen-bond acceptors (Lipinski definition) is 4. The molecule has 5 nitrogen and oxygen atoms in total. The number of likely N-dealkylation sites (N-methyl/N-ethyl adjacent to an activating group) is 1. The van der Waals surface area contributed by atoms with Crippen LogP contribution in [-0.2, 0) is 19.9 Å². The number of benzene rings is 1. The van der Waals surface area contributed by atoms with Crippen LogP contribution in [0.2, 0.25) is 0 Å². The van der Waals surface area contributed by atoms with Gasteiger partial charge in [-0.1, -0.05) is 17.7 Å². The zero-order chi connectivity index (χ0) is 17.0. The maximum Gasteiger partial charge on any atom is 0.264 e. The summed E-state index contributed by atoms with van der Waals surface area (Å²) in [6.07, 6.45) is 0.195. The number of aryl methyl sites for hydroxylation is 1. The Balaban J connectivity index is 2.09. The molecule has 1 aromatic carbocycles. The van der Waals surface area contributed by atoms with Gasteiger partial charge in [0.25, 0.3) is 5.91 Å². The number of ketones is 1. The fourth-order valence-electron chi connectivity index (χ4n) is 3.62. The summed E-state index contributed by atoms with van der Waals surface area (Å²) in [5.74, 6) is -1.41. The Morgan fingerprint density at radius 1 is 1.35 bits per heavy atom. The van der Waals surface area contributed by atoms with Crippen molar-refractivity contribution in [2.24, 2.45) is 5.92 Å². The van der Waals surface area contributed by atoms with Crippen LogP contribution in [0, 0.1) is 12.8 Å². The molecule has 5 heteroatoms. The standard InChI is InChI=1S/C18H23NO4/c1-5-19-14-7-6-11(2)8-12(14)18(22,16(19)21)13-10-23-17(3,4)9-15(13)20/h6-8,13,22H,5,9-10H2,1-4H3. The normalized spacial score (nSPS) is 29.8. The molecule has 0 radical (unpaired) electrons. The predicted octanol–water partition coefficient (Wildman–Crippen LogP) is 1.93. The highest BCUT2D eigenvalue weighted by molar-refractivity contribution is 6.09. The van der Waals surface area contributed by atoms with Crippen LogP contribution in [0.25, 0.3) is 0 Å². The van der Waals surface area contributed by atoms with Crippen molar-refractivity contribution in [3.63, 3.8) is 0 Å². The van der Waals surface area contributed by atoms with Crippen LogP contribution in [0.3, 0.4) is 0 Å². The second-order valence-electron chi connectivity index (χ2n) is 7.10. The summed E-state index contributed by atoms with van der Waals surface area (Å²) >= 11 is 0. The van der Waals surface area contributed by atoms with E-state index in [0.29, 0.717) is 17.8 Å². The van der Waals surface area contributed by atoms with Crippen LogP contribution < -0.4 is 4.90 Å². The van der Waals surface area contributed by atoms with Gasteiger partial charge < -0.3 is 14.7 Å². The average molecular weight is 317 g/mol. The lowest BCUT2D eigenvalue weighted by atomic mass is 9.75. The zero-order valence-corrected chi connectivity index (χ0v) is 14.0. The maximum absolute atomic E-state index is 12.9. The molecule has 2 unspecified atom stereocenters. The first-order chi connectivity index (χ1) is 10.7. The summed E-state index contributed by atoms with van der Waals surface area (Å²) in [5, 5.41) is 11.3. The highest BCUT2D eigenvalue weighted by atomic mass is 16.5. The number of hydrogen-bond donors (Lipinski definition) is 1. The van der Waals surface area contributed by atoms with Crippen molar-refractivity contribution < 1.29 is 19.4 Å². The van der Waals surface area contributed by atoms with Gasteiger partial charge in [0.1, 0.15) is 5.78 Å². The van der Waals surface area contributed by atoms with Crippen molar-refractivity contribution in [3.8, 4) is 0 Å². The van der Waals surface area contributed by atoms with Gasteiger partial charge in [-0.25, -0.2) is 0 Å². The quantitative estimate of drug-likeness (QED) is 0.905. The van der Waals surface area contributed by atoms with E-state index in [1.54, 1.807) is 11.0 Å². The van der Waals surface area contributed by atoms with Gasteiger partial charge in [-0.3, -0.25) is 9.59 Å². The monoisotopic (exact) mass is 317 g/mol. The Labute approximate surface area is 136 Å². The van der Waals surface area contributed by atoms with Crippen LogP contribution in [-0.4, -0.2) is 35.5 Å². The molecule has 0 bridgehead atoms. The number of carbonyl (C=O) groups excluding carboxylic acids is 2. The number of ether oxygens (including phenoxy) is 1. The molecule has 0 aromatic heterocycles. The number of rotatable bonds is 2. The maximum atomic E-state index is 12.9. The molecule has 2 heterocycles. The predicted molar refractivity (Wildman–Crippen MR) is 86.2 cm³/mol. The third-order valence-corrected chi connectivity index (χ3v) is 4.87. The molecule has 1 N–H and O–H groups in total. The summed E-state index contributed by atoms with van der Waals surface area (Å²) in [5.41, 5.74) is -0.233. The van der Waals surface area contributed by atoms with Crippen molar-refractivity contribution in [1.29, 1.82) is 0 Å². The molecule has 1 amide bonds. The number of carbonyl (C=O) groups is 2. The molecule has 2 aliphatic rings. The Kier molecular flexibility index (Phi) is 3.61. The van der Waals surface area contributed by atoms with E-state index in [2.05, 4.69) is 0 Å². The molecule has 124 valence electrons. The lowest BCUT2D eigenvalue weighted by Crippen LogP contribution is -2.54. The average Bonchev–Trinajstić information content (AvgIpc) is 2.67. The number of nitrogens with zero attached hydrogens (tertiary/aromatic N) is 1. The highest BCUT2D eigenvalue weighted by Gasteiger charge is 2.58. The van der Waals surface area contributed by atoms with Crippen LogP contribution in [0.5, 0.6) is 0 Å². The first-order valence-electron chi connectivity index (χ1n) is 8.03. The van der Waals surface area contributed by atoms with E-state index in [1.807, 2.05) is 39.8 Å². The fraction of sp³-hybridized carbons (Fsp3) is 0.556. The number of fused-ring (bicyclic) bond motifs is 1. The molecule has 1 fully saturated rings. The van der Waals surface area contributed by atoms with Crippen LogP contribution in [0.15, 0.2) is 18.2 Å². The van der Waals surface area contributed by atoms with Crippen molar-refractivity contribution in [3.05, 3.63) is 29.3 Å². The van der Waals surface area contributed by atoms with E-state index in [9.17, 15) is 14.7 Å². The minimum atomic E-state index is -1.83. The Hall–Kier alpha value is -1.72. The lowest BCUT2D eigenvalue weighted by molar-refractivity contribution is -0.172. The summed E-state index contributed by atoms with van der Waals surface area (Å²) in [4.78, 5) is 27.1. The minimum Gasteiger partial charge on any atom is -0.375 e. The highest BCUT2D eigenvalue weighted by Crippen LogP contribution is 2.47. The fourth-order valence-corrected chi connectivity index (χ4v) is 3.62. The van der Waals surface area contributed by atoms with Gasteiger partial charge in [0.05, 0.1) is 23.8 Å². The molecular weight excluding hydrogens is 294 g/mol. The second kappa shape index (κ2) is 5.14. The second-order valence-corrected chi connectivity index (χ2v) is 7.10. The van der Waals surface area contributed by atoms with Gasteiger partial charge in [0.2, 0.25) is 0 Å². The molecule has 23 heavy (non-hydrogen) atoms. The summed E-state index contributed by atoms with van der Waals surface area (Å²) in [7, 11) is 0. The minimum absolute atomic E-state index is 0.0546. The number of anilines is 1. The first-order valence-corrected chi connectivity index (χ1v) is 8.03. The van der Waals surface area contributed by atoms with Crippen molar-refractivity contribution in [2.75, 3.05) is 18.1 Å². The SMILES string of the molecule is CCN1C(=O)C(O)(C2COC(C)(C)CC2=O)c2cc(C)ccc21. The molecule has 3 rings (SSSR count). The number of Topliss-reactive ketones (excluding diaryl/α,β-unsaturated/α-hetero) is 1. The lowest BCUT2D eigenvalue weighted by Gasteiger charge is -2.39. The first kappa shape index (κ1) is 16.1. The van der Waals surface area contributed by atoms with Crippen molar-refractivity contribution in [1.82, 2.24) is 0 Å². The van der Waals surface area contributed by atoms with Crippen molar-refractivity contribution >= 4 is 17.4 Å². The van der Waals surface area contributed by atoms with Gasteiger partial charge in [-0.15, -0.1) is 0 Å². The Bertz CT molecular complexity index is 682. The Morgan fingerprint density at radius 3 is 2.65 bits per heavy atom.